The minimum Gasteiger partial charge on any atom is -0.370 e. The van der Waals surface area contributed by atoms with E-state index in [1.807, 2.05) is 6.92 Å². The molecule has 2 N–H and O–H groups in total. The van der Waals surface area contributed by atoms with Crippen LogP contribution in [0, 0.1) is 5.92 Å². The molecule has 1 fully saturated rings. The Labute approximate surface area is 114 Å². The fourth-order valence-electron chi connectivity index (χ4n) is 1.55. The molecule has 1 unspecified atom stereocenters. The van der Waals surface area contributed by atoms with Gasteiger partial charge in [-0.1, -0.05) is 13.8 Å². The van der Waals surface area contributed by atoms with Crippen LogP contribution in [0.3, 0.4) is 0 Å². The van der Waals surface area contributed by atoms with Crippen LogP contribution in [0.1, 0.15) is 20.8 Å². The molecule has 1 heterocycles. The lowest BCUT2D eigenvalue weighted by atomic mass is 10.1. The average molecular weight is 343 g/mol. The van der Waals surface area contributed by atoms with E-state index in [1.54, 1.807) is 0 Å². The Morgan fingerprint density at radius 1 is 1.60 bits per heavy atom. The number of halogens is 1. The Balaban J connectivity index is 0.00000196. The molecule has 5 heteroatoms. The van der Waals surface area contributed by atoms with Crippen molar-refractivity contribution in [3.05, 3.63) is 0 Å². The third kappa shape index (κ3) is 4.80. The van der Waals surface area contributed by atoms with Crippen LogP contribution in [-0.4, -0.2) is 41.5 Å². The molecule has 0 aromatic carbocycles. The van der Waals surface area contributed by atoms with E-state index in [-0.39, 0.29) is 24.0 Å². The van der Waals surface area contributed by atoms with Gasteiger partial charge in [0, 0.05) is 30.6 Å². The largest absolute Gasteiger partial charge is 0.370 e. The second-order valence-electron chi connectivity index (χ2n) is 3.93. The third-order valence-corrected chi connectivity index (χ3v) is 4.02. The fourth-order valence-corrected chi connectivity index (χ4v) is 2.85. The van der Waals surface area contributed by atoms with E-state index < -0.39 is 0 Å². The minimum absolute atomic E-state index is 0. The number of nitrogens with zero attached hydrogens (tertiary/aromatic N) is 2. The Bertz CT molecular complexity index is 209. The first-order valence-corrected chi connectivity index (χ1v) is 6.36. The normalized spacial score (nSPS) is 22.8. The van der Waals surface area contributed by atoms with Crippen LogP contribution in [0.25, 0.3) is 0 Å². The zero-order valence-corrected chi connectivity index (χ0v) is 12.9. The van der Waals surface area contributed by atoms with Crippen molar-refractivity contribution in [2.75, 3.05) is 25.4 Å². The first-order chi connectivity index (χ1) is 6.65. The molecule has 1 saturated heterocycles. The summed E-state index contributed by atoms with van der Waals surface area (Å²) in [5.41, 5.74) is 5.89. The lowest BCUT2D eigenvalue weighted by Gasteiger charge is -2.34. The van der Waals surface area contributed by atoms with Gasteiger partial charge in [0.05, 0.1) is 0 Å². The van der Waals surface area contributed by atoms with Gasteiger partial charge in [-0.2, -0.15) is 11.8 Å². The predicted molar refractivity (Wildman–Crippen MR) is 80.2 cm³/mol. The summed E-state index contributed by atoms with van der Waals surface area (Å²) in [5.74, 6) is 2.61. The zero-order valence-electron chi connectivity index (χ0n) is 9.77. The number of thioether (sulfide) groups is 1. The van der Waals surface area contributed by atoms with E-state index in [1.165, 1.54) is 5.75 Å². The van der Waals surface area contributed by atoms with Gasteiger partial charge in [0.1, 0.15) is 0 Å². The van der Waals surface area contributed by atoms with Gasteiger partial charge in [-0.05, 0) is 12.8 Å². The SMILES string of the molecule is CCN=C(N)N1CCSC(C(C)C)C1.I. The number of rotatable bonds is 2. The van der Waals surface area contributed by atoms with Gasteiger partial charge in [-0.15, -0.1) is 24.0 Å². The zero-order chi connectivity index (χ0) is 10.6. The highest BCUT2D eigenvalue weighted by atomic mass is 127. The average Bonchev–Trinajstić information content (AvgIpc) is 2.18. The maximum atomic E-state index is 5.89. The minimum atomic E-state index is 0. The summed E-state index contributed by atoms with van der Waals surface area (Å²) in [4.78, 5) is 6.47. The number of hydrogen-bond acceptors (Lipinski definition) is 2. The summed E-state index contributed by atoms with van der Waals surface area (Å²) < 4.78 is 0. The van der Waals surface area contributed by atoms with Crippen molar-refractivity contribution in [2.24, 2.45) is 16.6 Å². The summed E-state index contributed by atoms with van der Waals surface area (Å²) in [7, 11) is 0. The van der Waals surface area contributed by atoms with Crippen LogP contribution in [0.15, 0.2) is 4.99 Å². The summed E-state index contributed by atoms with van der Waals surface area (Å²) in [5, 5.41) is 0.703. The van der Waals surface area contributed by atoms with Crippen molar-refractivity contribution in [3.8, 4) is 0 Å². The van der Waals surface area contributed by atoms with E-state index >= 15 is 0 Å². The standard InChI is InChI=1S/C10H21N3S.HI/c1-4-12-10(11)13-5-6-14-9(7-13)8(2)3;/h8-9H,4-7H2,1-3H3,(H2,11,12);1H. The van der Waals surface area contributed by atoms with E-state index in [9.17, 15) is 0 Å². The predicted octanol–water partition coefficient (Wildman–Crippen LogP) is 2.01. The lowest BCUT2D eigenvalue weighted by Crippen LogP contribution is -2.47. The van der Waals surface area contributed by atoms with Gasteiger partial charge in [-0.3, -0.25) is 4.99 Å². The molecule has 0 aromatic heterocycles. The summed E-state index contributed by atoms with van der Waals surface area (Å²) >= 11 is 2.06. The van der Waals surface area contributed by atoms with Gasteiger partial charge < -0.3 is 10.6 Å². The van der Waals surface area contributed by atoms with Gasteiger partial charge >= 0.3 is 0 Å². The molecule has 1 rings (SSSR count). The second-order valence-corrected chi connectivity index (χ2v) is 5.28. The first-order valence-electron chi connectivity index (χ1n) is 5.31. The Morgan fingerprint density at radius 2 is 2.27 bits per heavy atom. The molecule has 0 amide bonds. The quantitative estimate of drug-likeness (QED) is 0.474. The van der Waals surface area contributed by atoms with Crippen LogP contribution >= 0.6 is 35.7 Å². The maximum absolute atomic E-state index is 5.89. The molecule has 1 aliphatic heterocycles. The Morgan fingerprint density at radius 3 is 2.80 bits per heavy atom. The van der Waals surface area contributed by atoms with Crippen LogP contribution in [0.5, 0.6) is 0 Å². The van der Waals surface area contributed by atoms with Crippen molar-refractivity contribution in [2.45, 2.75) is 26.0 Å². The molecule has 0 aliphatic carbocycles. The number of nitrogens with two attached hydrogens (primary N) is 1. The number of guanidine groups is 1. The molecule has 0 radical (unpaired) electrons. The fraction of sp³-hybridized carbons (Fsp3) is 0.900. The third-order valence-electron chi connectivity index (χ3n) is 2.48. The van der Waals surface area contributed by atoms with Crippen LogP contribution < -0.4 is 5.73 Å². The van der Waals surface area contributed by atoms with Gasteiger partial charge in [0.15, 0.2) is 5.96 Å². The van der Waals surface area contributed by atoms with Crippen LogP contribution in [-0.2, 0) is 0 Å². The van der Waals surface area contributed by atoms with Crippen molar-refractivity contribution >= 4 is 41.7 Å². The molecular weight excluding hydrogens is 321 g/mol. The van der Waals surface area contributed by atoms with E-state index in [0.29, 0.717) is 5.25 Å². The van der Waals surface area contributed by atoms with Gasteiger partial charge in [0.2, 0.25) is 0 Å². The van der Waals surface area contributed by atoms with Crippen molar-refractivity contribution in [1.82, 2.24) is 4.90 Å². The molecule has 90 valence electrons. The Hall–Kier alpha value is 0.350. The molecule has 3 nitrogen and oxygen atoms in total. The molecular formula is C10H22IN3S. The molecule has 1 aliphatic rings. The number of hydrogen-bond donors (Lipinski definition) is 1. The molecule has 0 bridgehead atoms. The monoisotopic (exact) mass is 343 g/mol. The highest BCUT2D eigenvalue weighted by Crippen LogP contribution is 2.24. The molecule has 15 heavy (non-hydrogen) atoms. The molecule has 0 spiro atoms. The number of aliphatic imine (C=N–C) groups is 1. The summed E-state index contributed by atoms with van der Waals surface area (Å²) in [6.45, 7) is 9.44. The van der Waals surface area contributed by atoms with Crippen molar-refractivity contribution in [1.29, 1.82) is 0 Å². The Kier molecular flexibility index (Phi) is 7.77. The van der Waals surface area contributed by atoms with Crippen molar-refractivity contribution < 1.29 is 0 Å². The highest BCUT2D eigenvalue weighted by Gasteiger charge is 2.23. The highest BCUT2D eigenvalue weighted by molar-refractivity contribution is 14.0. The first kappa shape index (κ1) is 15.3. The lowest BCUT2D eigenvalue weighted by molar-refractivity contribution is 0.389. The topological polar surface area (TPSA) is 41.6 Å². The van der Waals surface area contributed by atoms with Crippen LogP contribution in [0.2, 0.25) is 0 Å². The second kappa shape index (κ2) is 7.60. The summed E-state index contributed by atoms with van der Waals surface area (Å²) in [6.07, 6.45) is 0. The molecule has 0 saturated carbocycles. The van der Waals surface area contributed by atoms with E-state index in [0.717, 1.165) is 31.5 Å². The van der Waals surface area contributed by atoms with E-state index in [4.69, 9.17) is 5.73 Å². The molecule has 0 aromatic rings. The van der Waals surface area contributed by atoms with Crippen LogP contribution in [0.4, 0.5) is 0 Å². The summed E-state index contributed by atoms with van der Waals surface area (Å²) in [6, 6.07) is 0. The smallest absolute Gasteiger partial charge is 0.191 e. The molecule has 1 atom stereocenters. The van der Waals surface area contributed by atoms with E-state index in [2.05, 4.69) is 35.5 Å². The maximum Gasteiger partial charge on any atom is 0.191 e. The van der Waals surface area contributed by atoms with Gasteiger partial charge in [0.25, 0.3) is 0 Å². The van der Waals surface area contributed by atoms with Gasteiger partial charge in [-0.25, -0.2) is 0 Å². The van der Waals surface area contributed by atoms with Crippen molar-refractivity contribution in [3.63, 3.8) is 0 Å².